The maximum atomic E-state index is 11.6. The Labute approximate surface area is 172 Å². The van der Waals surface area contributed by atoms with Crippen molar-refractivity contribution in [3.63, 3.8) is 0 Å². The molecular formula is C17H26N2O11. The topological polar surface area (TPSA) is 201 Å². The Hall–Kier alpha value is -3.03. The van der Waals surface area contributed by atoms with E-state index >= 15 is 0 Å². The number of amides is 1. The molecule has 0 saturated carbocycles. The van der Waals surface area contributed by atoms with Gasteiger partial charge in [0.25, 0.3) is 0 Å². The number of carbonyl (C=O) groups excluding carboxylic acids is 4. The summed E-state index contributed by atoms with van der Waals surface area (Å²) in [5.74, 6) is -4.96. The summed E-state index contributed by atoms with van der Waals surface area (Å²) in [4.78, 5) is 56.5. The SMILES string of the molecule is CC(=O)N/C(=C(\OC(C)=O)[C@@H](CCOC(C)=O)OC(C)=O)[C@@H](O)OCC(N)C(=O)O. The van der Waals surface area contributed by atoms with E-state index in [4.69, 9.17) is 29.8 Å². The van der Waals surface area contributed by atoms with Crippen LogP contribution in [0.1, 0.15) is 34.1 Å². The Balaban J connectivity index is 6.07. The van der Waals surface area contributed by atoms with Gasteiger partial charge in [0.05, 0.1) is 13.2 Å². The Morgan fingerprint density at radius 2 is 1.60 bits per heavy atom. The molecule has 30 heavy (non-hydrogen) atoms. The van der Waals surface area contributed by atoms with Crippen molar-refractivity contribution in [2.45, 2.75) is 52.6 Å². The van der Waals surface area contributed by atoms with E-state index in [1.807, 2.05) is 0 Å². The van der Waals surface area contributed by atoms with Gasteiger partial charge in [-0.1, -0.05) is 0 Å². The standard InChI is InChI=1S/C17H26N2O11/c1-8(20)19-14(17(26)28-7-12(18)16(24)25)15(30-11(4)23)13(29-10(3)22)5-6-27-9(2)21/h12-13,17,26H,5-7,18H2,1-4H3,(H,19,20)(H,24,25)/b15-14-/t12?,13-,17+/m1/s1. The predicted octanol–water partition coefficient (Wildman–Crippen LogP) is -1.47. The monoisotopic (exact) mass is 434 g/mol. The quantitative estimate of drug-likeness (QED) is 0.120. The Kier molecular flexibility index (Phi) is 11.9. The number of nitrogens with two attached hydrogens (primary N) is 1. The highest BCUT2D eigenvalue weighted by Crippen LogP contribution is 2.20. The number of carboxylic acids is 1. The van der Waals surface area contributed by atoms with Gasteiger partial charge in [-0.3, -0.25) is 24.0 Å². The number of aliphatic carboxylic acids is 1. The van der Waals surface area contributed by atoms with Crippen molar-refractivity contribution >= 4 is 29.8 Å². The smallest absolute Gasteiger partial charge is 0.322 e. The number of rotatable bonds is 12. The van der Waals surface area contributed by atoms with Gasteiger partial charge >= 0.3 is 23.9 Å². The summed E-state index contributed by atoms with van der Waals surface area (Å²) in [7, 11) is 0. The van der Waals surface area contributed by atoms with Crippen molar-refractivity contribution in [2.24, 2.45) is 5.73 Å². The van der Waals surface area contributed by atoms with Crippen molar-refractivity contribution < 1.29 is 53.1 Å². The lowest BCUT2D eigenvalue weighted by Crippen LogP contribution is -2.40. The third-order valence-corrected chi connectivity index (χ3v) is 3.11. The molecular weight excluding hydrogens is 408 g/mol. The molecule has 0 aromatic heterocycles. The van der Waals surface area contributed by atoms with Crippen molar-refractivity contribution in [3.05, 3.63) is 11.5 Å². The maximum Gasteiger partial charge on any atom is 0.322 e. The summed E-state index contributed by atoms with van der Waals surface area (Å²) in [6.07, 6.45) is -3.59. The highest BCUT2D eigenvalue weighted by Gasteiger charge is 2.30. The van der Waals surface area contributed by atoms with Gasteiger partial charge in [0, 0.05) is 34.1 Å². The Morgan fingerprint density at radius 1 is 1.00 bits per heavy atom. The lowest BCUT2D eigenvalue weighted by molar-refractivity contribution is -0.154. The van der Waals surface area contributed by atoms with E-state index < -0.39 is 66.3 Å². The summed E-state index contributed by atoms with van der Waals surface area (Å²) in [6.45, 7) is 3.36. The zero-order valence-corrected chi connectivity index (χ0v) is 17.0. The largest absolute Gasteiger partial charge is 0.480 e. The van der Waals surface area contributed by atoms with Crippen LogP contribution in [-0.4, -0.2) is 71.6 Å². The molecule has 13 heteroatoms. The molecule has 13 nitrogen and oxygen atoms in total. The molecule has 0 aromatic rings. The molecule has 0 spiro atoms. The van der Waals surface area contributed by atoms with E-state index in [2.05, 4.69) is 5.32 Å². The third-order valence-electron chi connectivity index (χ3n) is 3.11. The molecule has 0 aromatic carbocycles. The van der Waals surface area contributed by atoms with E-state index in [0.717, 1.165) is 27.7 Å². The number of aliphatic hydroxyl groups excluding tert-OH is 1. The van der Waals surface area contributed by atoms with Crippen LogP contribution in [-0.2, 0) is 42.9 Å². The summed E-state index contributed by atoms with van der Waals surface area (Å²) in [5, 5.41) is 21.3. The maximum absolute atomic E-state index is 11.6. The molecule has 0 rings (SSSR count). The van der Waals surface area contributed by atoms with Crippen LogP contribution in [0, 0.1) is 0 Å². The molecule has 1 unspecified atom stereocenters. The summed E-state index contributed by atoms with van der Waals surface area (Å²) in [6, 6.07) is -1.50. The number of hydrogen-bond acceptors (Lipinski definition) is 11. The Bertz CT molecular complexity index is 689. The first kappa shape index (κ1) is 27.0. The minimum Gasteiger partial charge on any atom is -0.480 e. The second-order valence-electron chi connectivity index (χ2n) is 5.91. The summed E-state index contributed by atoms with van der Waals surface area (Å²) < 4.78 is 19.8. The molecule has 0 aliphatic rings. The van der Waals surface area contributed by atoms with Gasteiger partial charge in [0.1, 0.15) is 11.7 Å². The van der Waals surface area contributed by atoms with Crippen LogP contribution in [0.5, 0.6) is 0 Å². The second-order valence-corrected chi connectivity index (χ2v) is 5.91. The molecule has 0 bridgehead atoms. The molecule has 1 amide bonds. The first-order valence-electron chi connectivity index (χ1n) is 8.63. The van der Waals surface area contributed by atoms with Gasteiger partial charge in [-0.05, 0) is 0 Å². The van der Waals surface area contributed by atoms with Crippen LogP contribution in [0.25, 0.3) is 0 Å². The average molecular weight is 434 g/mol. The van der Waals surface area contributed by atoms with Crippen LogP contribution in [0.15, 0.2) is 11.5 Å². The molecule has 0 aliphatic heterocycles. The number of hydrogen-bond donors (Lipinski definition) is 4. The van der Waals surface area contributed by atoms with E-state index in [-0.39, 0.29) is 13.0 Å². The molecule has 0 aliphatic carbocycles. The minimum atomic E-state index is -2.01. The fourth-order valence-electron chi connectivity index (χ4n) is 1.99. The molecule has 0 radical (unpaired) electrons. The normalized spacial score (nSPS) is 14.5. The number of carboxylic acid groups (broad SMARTS) is 1. The van der Waals surface area contributed by atoms with Crippen LogP contribution < -0.4 is 11.1 Å². The predicted molar refractivity (Wildman–Crippen MR) is 97.0 cm³/mol. The van der Waals surface area contributed by atoms with Crippen molar-refractivity contribution in [2.75, 3.05) is 13.2 Å². The fourth-order valence-corrected chi connectivity index (χ4v) is 1.99. The number of esters is 3. The van der Waals surface area contributed by atoms with Crippen LogP contribution in [0.3, 0.4) is 0 Å². The Morgan fingerprint density at radius 3 is 2.03 bits per heavy atom. The van der Waals surface area contributed by atoms with E-state index in [0.29, 0.717) is 0 Å². The van der Waals surface area contributed by atoms with Gasteiger partial charge in [0.15, 0.2) is 18.2 Å². The second kappa shape index (κ2) is 13.2. The summed E-state index contributed by atoms with van der Waals surface area (Å²) in [5.41, 5.74) is 4.78. The average Bonchev–Trinajstić information content (AvgIpc) is 2.60. The number of ether oxygens (including phenoxy) is 4. The van der Waals surface area contributed by atoms with Crippen molar-refractivity contribution in [1.29, 1.82) is 0 Å². The fraction of sp³-hybridized carbons (Fsp3) is 0.588. The number of carbonyl (C=O) groups is 5. The third kappa shape index (κ3) is 11.1. The summed E-state index contributed by atoms with van der Waals surface area (Å²) >= 11 is 0. The first-order valence-corrected chi connectivity index (χ1v) is 8.63. The van der Waals surface area contributed by atoms with E-state index in [9.17, 15) is 29.1 Å². The van der Waals surface area contributed by atoms with E-state index in [1.54, 1.807) is 0 Å². The molecule has 170 valence electrons. The lowest BCUT2D eigenvalue weighted by atomic mass is 10.1. The molecule has 0 saturated heterocycles. The van der Waals surface area contributed by atoms with Gasteiger partial charge in [0.2, 0.25) is 5.91 Å². The molecule has 3 atom stereocenters. The van der Waals surface area contributed by atoms with Crippen molar-refractivity contribution in [1.82, 2.24) is 5.32 Å². The van der Waals surface area contributed by atoms with Crippen LogP contribution >= 0.6 is 0 Å². The van der Waals surface area contributed by atoms with Gasteiger partial charge in [-0.25, -0.2) is 0 Å². The number of nitrogens with one attached hydrogen (secondary N) is 1. The van der Waals surface area contributed by atoms with Crippen LogP contribution in [0.2, 0.25) is 0 Å². The molecule has 5 N–H and O–H groups in total. The molecule has 0 fully saturated rings. The zero-order valence-electron chi connectivity index (χ0n) is 17.0. The minimum absolute atomic E-state index is 0.202. The zero-order chi connectivity index (χ0) is 23.4. The van der Waals surface area contributed by atoms with Crippen LogP contribution in [0.4, 0.5) is 0 Å². The van der Waals surface area contributed by atoms with Gasteiger partial charge in [-0.15, -0.1) is 0 Å². The lowest BCUT2D eigenvalue weighted by Gasteiger charge is -2.25. The highest BCUT2D eigenvalue weighted by molar-refractivity contribution is 5.76. The molecule has 0 heterocycles. The van der Waals surface area contributed by atoms with Gasteiger partial charge < -0.3 is 40.2 Å². The highest BCUT2D eigenvalue weighted by atomic mass is 16.6. The van der Waals surface area contributed by atoms with E-state index in [1.165, 1.54) is 0 Å². The number of aliphatic hydroxyl groups is 1. The van der Waals surface area contributed by atoms with Gasteiger partial charge in [-0.2, -0.15) is 0 Å². The first-order chi connectivity index (χ1) is 13.8. The van der Waals surface area contributed by atoms with Crippen molar-refractivity contribution in [3.8, 4) is 0 Å².